The number of rotatable bonds is 6. The minimum atomic E-state index is 0.290. The van der Waals surface area contributed by atoms with Gasteiger partial charge in [0, 0.05) is 18.8 Å². The first kappa shape index (κ1) is 15.5. The SMILES string of the molecule is CCNC(C)c1ccc(N(C)c2ccc(CC)cc2)cn1. The maximum atomic E-state index is 4.57. The Balaban J connectivity index is 2.13. The van der Waals surface area contributed by atoms with Crippen molar-refractivity contribution in [2.45, 2.75) is 33.2 Å². The normalized spacial score (nSPS) is 12.2. The summed E-state index contributed by atoms with van der Waals surface area (Å²) in [6, 6.07) is 13.2. The molecule has 0 saturated carbocycles. The first-order chi connectivity index (χ1) is 10.2. The van der Waals surface area contributed by atoms with Crippen molar-refractivity contribution in [3.05, 3.63) is 53.9 Å². The molecule has 0 radical (unpaired) electrons. The molecule has 3 nitrogen and oxygen atoms in total. The lowest BCUT2D eigenvalue weighted by Gasteiger charge is -2.20. The molecule has 0 fully saturated rings. The number of aromatic nitrogens is 1. The van der Waals surface area contributed by atoms with Gasteiger partial charge in [-0.1, -0.05) is 26.0 Å². The number of hydrogen-bond acceptors (Lipinski definition) is 3. The Morgan fingerprint density at radius 3 is 2.24 bits per heavy atom. The molecular formula is C18H25N3. The summed E-state index contributed by atoms with van der Waals surface area (Å²) in [5.41, 5.74) is 4.73. The number of aryl methyl sites for hydroxylation is 1. The van der Waals surface area contributed by atoms with Gasteiger partial charge in [0.15, 0.2) is 0 Å². The van der Waals surface area contributed by atoms with E-state index in [2.05, 4.69) is 79.4 Å². The predicted octanol–water partition coefficient (Wildman–Crippen LogP) is 4.08. The van der Waals surface area contributed by atoms with Crippen molar-refractivity contribution in [3.8, 4) is 0 Å². The minimum Gasteiger partial charge on any atom is -0.343 e. The molecule has 2 rings (SSSR count). The summed E-state index contributed by atoms with van der Waals surface area (Å²) >= 11 is 0. The maximum Gasteiger partial charge on any atom is 0.0594 e. The first-order valence-corrected chi connectivity index (χ1v) is 7.67. The van der Waals surface area contributed by atoms with E-state index in [1.165, 1.54) is 11.3 Å². The molecule has 21 heavy (non-hydrogen) atoms. The van der Waals surface area contributed by atoms with Crippen molar-refractivity contribution < 1.29 is 0 Å². The molecule has 2 aromatic rings. The second kappa shape index (κ2) is 7.23. The van der Waals surface area contributed by atoms with Crippen molar-refractivity contribution in [2.24, 2.45) is 0 Å². The summed E-state index contributed by atoms with van der Waals surface area (Å²) in [6.07, 6.45) is 3.01. The third-order valence-corrected chi connectivity index (χ3v) is 3.84. The van der Waals surface area contributed by atoms with Crippen LogP contribution in [0.5, 0.6) is 0 Å². The molecule has 1 atom stereocenters. The molecule has 0 saturated heterocycles. The molecule has 0 aliphatic carbocycles. The molecule has 1 N–H and O–H groups in total. The third kappa shape index (κ3) is 3.82. The van der Waals surface area contributed by atoms with Crippen LogP contribution in [0.3, 0.4) is 0 Å². The van der Waals surface area contributed by atoms with Crippen molar-refractivity contribution in [2.75, 3.05) is 18.5 Å². The van der Waals surface area contributed by atoms with Gasteiger partial charge in [0.2, 0.25) is 0 Å². The fraction of sp³-hybridized carbons (Fsp3) is 0.389. The standard InChI is InChI=1S/C18H25N3/c1-5-15-7-9-16(10-8-15)21(4)17-11-12-18(20-13-17)14(3)19-6-2/h7-14,19H,5-6H2,1-4H3. The van der Waals surface area contributed by atoms with Gasteiger partial charge in [-0.3, -0.25) is 4.98 Å². The number of benzene rings is 1. The van der Waals surface area contributed by atoms with Crippen LogP contribution in [-0.4, -0.2) is 18.6 Å². The molecule has 0 aliphatic rings. The van der Waals surface area contributed by atoms with Gasteiger partial charge in [0.05, 0.1) is 17.6 Å². The van der Waals surface area contributed by atoms with E-state index in [-0.39, 0.29) is 6.04 Å². The van der Waals surface area contributed by atoms with Gasteiger partial charge >= 0.3 is 0 Å². The van der Waals surface area contributed by atoms with Crippen LogP contribution in [0.15, 0.2) is 42.6 Å². The molecular weight excluding hydrogens is 258 g/mol. The van der Waals surface area contributed by atoms with Gasteiger partial charge < -0.3 is 10.2 Å². The van der Waals surface area contributed by atoms with E-state index in [1.807, 2.05) is 6.20 Å². The van der Waals surface area contributed by atoms with Gasteiger partial charge in [-0.25, -0.2) is 0 Å². The van der Waals surface area contributed by atoms with E-state index < -0.39 is 0 Å². The first-order valence-electron chi connectivity index (χ1n) is 7.67. The topological polar surface area (TPSA) is 28.2 Å². The summed E-state index contributed by atoms with van der Waals surface area (Å²) in [4.78, 5) is 6.73. The van der Waals surface area contributed by atoms with Crippen molar-refractivity contribution >= 4 is 11.4 Å². The smallest absolute Gasteiger partial charge is 0.0594 e. The molecule has 1 unspecified atom stereocenters. The van der Waals surface area contributed by atoms with Gasteiger partial charge in [0.25, 0.3) is 0 Å². The van der Waals surface area contributed by atoms with Crippen LogP contribution in [0.4, 0.5) is 11.4 Å². The van der Waals surface area contributed by atoms with E-state index in [4.69, 9.17) is 0 Å². The monoisotopic (exact) mass is 283 g/mol. The number of hydrogen-bond donors (Lipinski definition) is 1. The highest BCUT2D eigenvalue weighted by Crippen LogP contribution is 2.24. The molecule has 0 amide bonds. The van der Waals surface area contributed by atoms with Crippen LogP contribution in [0.1, 0.15) is 38.1 Å². The lowest BCUT2D eigenvalue weighted by Crippen LogP contribution is -2.19. The Hall–Kier alpha value is -1.87. The molecule has 3 heteroatoms. The molecule has 1 aromatic carbocycles. The summed E-state index contributed by atoms with van der Waals surface area (Å²) in [6.45, 7) is 7.37. The quantitative estimate of drug-likeness (QED) is 0.865. The van der Waals surface area contributed by atoms with Gasteiger partial charge in [-0.15, -0.1) is 0 Å². The van der Waals surface area contributed by atoms with Crippen molar-refractivity contribution in [1.29, 1.82) is 0 Å². The molecule has 0 aliphatic heterocycles. The Labute approximate surface area is 128 Å². The van der Waals surface area contributed by atoms with E-state index in [0.29, 0.717) is 0 Å². The average Bonchev–Trinajstić information content (AvgIpc) is 2.54. The average molecular weight is 283 g/mol. The van der Waals surface area contributed by atoms with E-state index in [1.54, 1.807) is 0 Å². The van der Waals surface area contributed by atoms with Crippen LogP contribution in [0, 0.1) is 0 Å². The van der Waals surface area contributed by atoms with Crippen LogP contribution in [-0.2, 0) is 6.42 Å². The fourth-order valence-corrected chi connectivity index (χ4v) is 2.37. The van der Waals surface area contributed by atoms with Crippen molar-refractivity contribution in [3.63, 3.8) is 0 Å². The Morgan fingerprint density at radius 2 is 1.71 bits per heavy atom. The maximum absolute atomic E-state index is 4.57. The van der Waals surface area contributed by atoms with Crippen LogP contribution >= 0.6 is 0 Å². The zero-order chi connectivity index (χ0) is 15.2. The highest BCUT2D eigenvalue weighted by molar-refractivity contribution is 5.61. The Morgan fingerprint density at radius 1 is 1.05 bits per heavy atom. The van der Waals surface area contributed by atoms with Gasteiger partial charge in [0.1, 0.15) is 0 Å². The van der Waals surface area contributed by atoms with E-state index in [0.717, 1.165) is 24.3 Å². The highest BCUT2D eigenvalue weighted by Gasteiger charge is 2.08. The lowest BCUT2D eigenvalue weighted by molar-refractivity contribution is 0.583. The lowest BCUT2D eigenvalue weighted by atomic mass is 10.1. The number of anilines is 2. The Bertz CT molecular complexity index is 546. The van der Waals surface area contributed by atoms with Crippen LogP contribution in [0.2, 0.25) is 0 Å². The van der Waals surface area contributed by atoms with Crippen LogP contribution < -0.4 is 10.2 Å². The second-order valence-corrected chi connectivity index (χ2v) is 5.30. The second-order valence-electron chi connectivity index (χ2n) is 5.30. The van der Waals surface area contributed by atoms with Crippen LogP contribution in [0.25, 0.3) is 0 Å². The molecule has 1 heterocycles. The zero-order valence-electron chi connectivity index (χ0n) is 13.4. The summed E-state index contributed by atoms with van der Waals surface area (Å²) in [7, 11) is 2.07. The summed E-state index contributed by atoms with van der Waals surface area (Å²) in [5, 5.41) is 3.38. The third-order valence-electron chi connectivity index (χ3n) is 3.84. The summed E-state index contributed by atoms with van der Waals surface area (Å²) in [5.74, 6) is 0. The number of nitrogens with zero attached hydrogens (tertiary/aromatic N) is 2. The Kier molecular flexibility index (Phi) is 5.34. The summed E-state index contributed by atoms with van der Waals surface area (Å²) < 4.78 is 0. The molecule has 1 aromatic heterocycles. The predicted molar refractivity (Wildman–Crippen MR) is 90.2 cm³/mol. The zero-order valence-corrected chi connectivity index (χ0v) is 13.4. The fourth-order valence-electron chi connectivity index (χ4n) is 2.37. The van der Waals surface area contributed by atoms with Gasteiger partial charge in [-0.2, -0.15) is 0 Å². The molecule has 0 bridgehead atoms. The van der Waals surface area contributed by atoms with E-state index >= 15 is 0 Å². The number of nitrogens with one attached hydrogen (secondary N) is 1. The molecule has 112 valence electrons. The van der Waals surface area contributed by atoms with Gasteiger partial charge in [-0.05, 0) is 49.7 Å². The highest BCUT2D eigenvalue weighted by atomic mass is 15.1. The minimum absolute atomic E-state index is 0.290. The largest absolute Gasteiger partial charge is 0.343 e. The molecule has 0 spiro atoms. The van der Waals surface area contributed by atoms with Crippen molar-refractivity contribution in [1.82, 2.24) is 10.3 Å². The number of pyridine rings is 1. The van der Waals surface area contributed by atoms with E-state index in [9.17, 15) is 0 Å².